The molecule has 0 spiro atoms. The minimum Gasteiger partial charge on any atom is -0.868 e. The van der Waals surface area contributed by atoms with Crippen molar-refractivity contribution in [3.8, 4) is 5.75 Å². The fraction of sp³-hybridized carbons (Fsp3) is 0.192. The van der Waals surface area contributed by atoms with Crippen molar-refractivity contribution >= 4 is 22.7 Å². The van der Waals surface area contributed by atoms with Crippen molar-refractivity contribution in [3.63, 3.8) is 0 Å². The molecule has 178 valence electrons. The Morgan fingerprint density at radius 3 is 2.83 bits per heavy atom. The lowest BCUT2D eigenvalue weighted by molar-refractivity contribution is -0.695. The molecule has 5 rings (SSSR count). The fourth-order valence-corrected chi connectivity index (χ4v) is 4.45. The van der Waals surface area contributed by atoms with Gasteiger partial charge in [-0.05, 0) is 24.0 Å². The predicted molar refractivity (Wildman–Crippen MR) is 121 cm³/mol. The van der Waals surface area contributed by atoms with Crippen molar-refractivity contribution in [2.24, 2.45) is 0 Å². The maximum absolute atomic E-state index is 14.9. The zero-order valence-corrected chi connectivity index (χ0v) is 18.9. The molecule has 0 aliphatic carbocycles. The number of nitrogens with zero attached hydrogens (tertiary/aromatic N) is 2. The van der Waals surface area contributed by atoms with Crippen LogP contribution >= 0.6 is 0 Å². The second-order valence-corrected chi connectivity index (χ2v) is 8.19. The number of carbonyl (C=O) groups is 2. The second kappa shape index (κ2) is 9.09. The van der Waals surface area contributed by atoms with E-state index in [1.165, 1.54) is 36.3 Å². The Kier molecular flexibility index (Phi) is 5.82. The zero-order chi connectivity index (χ0) is 24.5. The van der Waals surface area contributed by atoms with Crippen LogP contribution in [-0.4, -0.2) is 35.2 Å². The average molecular weight is 475 g/mol. The number of hydrogen-bond donors (Lipinski definition) is 1. The highest BCUT2D eigenvalue weighted by atomic mass is 19.1. The highest BCUT2D eigenvalue weighted by Crippen LogP contribution is 2.40. The normalized spacial score (nSPS) is 15.9. The standard InChI is InChI=1S/C26H22FN3O5/c1-34-19-9-4-6-16-14-20(35-25(16)19)23(31)21-22(17-7-2-3-8-18(17)27)30(26(33)24(21)32)12-5-11-29-13-10-28-15-29/h2-4,6-10,13-15,22H,5,11-12H2,1H3,(H,31,32). The summed E-state index contributed by atoms with van der Waals surface area (Å²) in [6.07, 6.45) is 5.86. The number of carbonyl (C=O) groups excluding carboxylic acids is 2. The molecule has 0 radical (unpaired) electrons. The Morgan fingerprint density at radius 2 is 2.09 bits per heavy atom. The molecule has 2 aromatic heterocycles. The number of halogens is 1. The van der Waals surface area contributed by atoms with Gasteiger partial charge in [0.25, 0.3) is 0 Å². The quantitative estimate of drug-likeness (QED) is 0.312. The van der Waals surface area contributed by atoms with Gasteiger partial charge in [0.2, 0.25) is 18.0 Å². The van der Waals surface area contributed by atoms with Gasteiger partial charge in [-0.15, -0.1) is 0 Å². The van der Waals surface area contributed by atoms with E-state index in [0.717, 1.165) is 0 Å². The third kappa shape index (κ3) is 3.95. The summed E-state index contributed by atoms with van der Waals surface area (Å²) in [4.78, 5) is 30.8. The number of hydrogen-bond acceptors (Lipinski definition) is 5. The van der Waals surface area contributed by atoms with Crippen LogP contribution in [0.1, 0.15) is 28.6 Å². The maximum atomic E-state index is 14.9. The van der Waals surface area contributed by atoms with Crippen LogP contribution in [0.15, 0.2) is 83.0 Å². The van der Waals surface area contributed by atoms with E-state index in [4.69, 9.17) is 9.15 Å². The van der Waals surface area contributed by atoms with E-state index >= 15 is 0 Å². The van der Waals surface area contributed by atoms with Crippen molar-refractivity contribution in [2.45, 2.75) is 19.0 Å². The third-order valence-corrected chi connectivity index (χ3v) is 6.10. The van der Waals surface area contributed by atoms with Gasteiger partial charge in [0.15, 0.2) is 17.1 Å². The molecule has 0 saturated carbocycles. The number of rotatable bonds is 8. The number of aromatic nitrogens is 2. The summed E-state index contributed by atoms with van der Waals surface area (Å²) in [5.74, 6) is -2.85. The Hall–Kier alpha value is -4.40. The minimum absolute atomic E-state index is 0.0815. The first kappa shape index (κ1) is 22.4. The molecule has 1 aliphatic heterocycles. The van der Waals surface area contributed by atoms with Gasteiger partial charge in [0.05, 0.1) is 19.7 Å². The largest absolute Gasteiger partial charge is 0.868 e. The Bertz CT molecular complexity index is 1440. The summed E-state index contributed by atoms with van der Waals surface area (Å²) >= 11 is 0. The van der Waals surface area contributed by atoms with Crippen LogP contribution in [0.2, 0.25) is 0 Å². The number of amides is 1. The molecule has 3 heterocycles. The number of benzene rings is 2. The van der Waals surface area contributed by atoms with Crippen LogP contribution in [0.5, 0.6) is 5.75 Å². The van der Waals surface area contributed by atoms with Gasteiger partial charge >= 0.3 is 0 Å². The van der Waals surface area contributed by atoms with Crippen LogP contribution in [-0.2, 0) is 11.3 Å². The number of ketones is 1. The first-order chi connectivity index (χ1) is 17.0. The Labute approximate surface area is 199 Å². The average Bonchev–Trinajstić information content (AvgIpc) is 3.59. The van der Waals surface area contributed by atoms with Crippen molar-refractivity contribution in [1.82, 2.24) is 9.88 Å². The van der Waals surface area contributed by atoms with E-state index in [-0.39, 0.29) is 23.4 Å². The summed E-state index contributed by atoms with van der Waals surface area (Å²) in [6, 6.07) is 11.3. The van der Waals surface area contributed by atoms with Gasteiger partial charge in [-0.1, -0.05) is 30.3 Å². The molecule has 2 aromatic carbocycles. The van der Waals surface area contributed by atoms with E-state index in [1.807, 2.05) is 10.8 Å². The number of imidazole rings is 1. The lowest BCUT2D eigenvalue weighted by Crippen LogP contribution is -2.37. The first-order valence-corrected chi connectivity index (χ1v) is 11.1. The monoisotopic (exact) mass is 475 g/mol. The summed E-state index contributed by atoms with van der Waals surface area (Å²) in [5, 5.41) is 13.7. The number of fused-ring (bicyclic) bond motifs is 1. The molecule has 0 fully saturated rings. The zero-order valence-electron chi connectivity index (χ0n) is 18.9. The van der Waals surface area contributed by atoms with Crippen molar-refractivity contribution in [3.05, 3.63) is 95.7 Å². The number of H-pyrrole nitrogens is 1. The van der Waals surface area contributed by atoms with Gasteiger partial charge in [-0.2, -0.15) is 0 Å². The Balaban J connectivity index is 1.53. The molecule has 1 unspecified atom stereocenters. The van der Waals surface area contributed by atoms with E-state index in [2.05, 4.69) is 4.98 Å². The van der Waals surface area contributed by atoms with Gasteiger partial charge in [-0.25, -0.2) is 8.96 Å². The third-order valence-electron chi connectivity index (χ3n) is 6.10. The summed E-state index contributed by atoms with van der Waals surface area (Å²) in [5.41, 5.74) is 0.101. The SMILES string of the molecule is COc1cccc2cc(C(=O)C3=C([O-])C(=O)N(CCC[n+]4cc[nH]c4)C3c3ccccc3F)oc12. The number of Topliss-reactive ketones (excluding diaryl/α,β-unsaturated/α-hetero) is 1. The molecule has 0 bridgehead atoms. The lowest BCUT2D eigenvalue weighted by atomic mass is 9.94. The van der Waals surface area contributed by atoms with E-state index in [1.54, 1.807) is 36.8 Å². The van der Waals surface area contributed by atoms with Crippen LogP contribution in [0.3, 0.4) is 0 Å². The number of nitrogens with one attached hydrogen (secondary N) is 1. The van der Waals surface area contributed by atoms with Gasteiger partial charge in [0, 0.05) is 29.5 Å². The van der Waals surface area contributed by atoms with Gasteiger partial charge in [0.1, 0.15) is 18.2 Å². The molecule has 4 aromatic rings. The topological polar surface area (TPSA) is 102 Å². The van der Waals surface area contributed by atoms with Crippen molar-refractivity contribution < 1.29 is 32.8 Å². The molecule has 9 heteroatoms. The second-order valence-electron chi connectivity index (χ2n) is 8.19. The molecule has 8 nitrogen and oxygen atoms in total. The highest BCUT2D eigenvalue weighted by Gasteiger charge is 2.41. The van der Waals surface area contributed by atoms with Crippen molar-refractivity contribution in [2.75, 3.05) is 13.7 Å². The number of ether oxygens (including phenoxy) is 1. The van der Waals surface area contributed by atoms with Crippen LogP contribution < -0.4 is 14.4 Å². The molecule has 1 amide bonds. The van der Waals surface area contributed by atoms with Crippen LogP contribution in [0, 0.1) is 5.82 Å². The molecule has 1 aliphatic rings. The molecule has 1 N–H and O–H groups in total. The number of aromatic amines is 1. The summed E-state index contributed by atoms with van der Waals surface area (Å²) < 4.78 is 27.8. The smallest absolute Gasteiger partial charge is 0.241 e. The summed E-state index contributed by atoms with van der Waals surface area (Å²) in [6.45, 7) is 0.727. The van der Waals surface area contributed by atoms with E-state index < -0.39 is 29.3 Å². The predicted octanol–water partition coefficient (Wildman–Crippen LogP) is 2.67. The van der Waals surface area contributed by atoms with E-state index in [0.29, 0.717) is 29.7 Å². The molecule has 1 atom stereocenters. The summed E-state index contributed by atoms with van der Waals surface area (Å²) in [7, 11) is 1.48. The highest BCUT2D eigenvalue weighted by molar-refractivity contribution is 6.16. The molecular weight excluding hydrogens is 453 g/mol. The number of para-hydroxylation sites is 1. The van der Waals surface area contributed by atoms with Crippen LogP contribution in [0.25, 0.3) is 11.0 Å². The minimum atomic E-state index is -1.16. The van der Waals surface area contributed by atoms with Gasteiger partial charge in [-0.3, -0.25) is 14.6 Å². The number of methoxy groups -OCH3 is 1. The van der Waals surface area contributed by atoms with Gasteiger partial charge < -0.3 is 19.2 Å². The Morgan fingerprint density at radius 1 is 1.26 bits per heavy atom. The molecule has 0 saturated heterocycles. The molecular formula is C26H22FN3O5. The van der Waals surface area contributed by atoms with Crippen LogP contribution in [0.4, 0.5) is 4.39 Å². The lowest BCUT2D eigenvalue weighted by Gasteiger charge is -2.27. The maximum Gasteiger partial charge on any atom is 0.241 e. The molecule has 35 heavy (non-hydrogen) atoms. The van der Waals surface area contributed by atoms with E-state index in [9.17, 15) is 19.1 Å². The number of furan rings is 1. The first-order valence-electron chi connectivity index (χ1n) is 11.1. The number of aryl methyl sites for hydroxylation is 1. The van der Waals surface area contributed by atoms with Crippen molar-refractivity contribution in [1.29, 1.82) is 0 Å². The fourth-order valence-electron chi connectivity index (χ4n) is 4.45.